The number of rotatable bonds is 3. The maximum atomic E-state index is 11.3. The third kappa shape index (κ3) is 2.13. The predicted octanol–water partition coefficient (Wildman–Crippen LogP) is 0.481. The summed E-state index contributed by atoms with van der Waals surface area (Å²) in [5.74, 6) is -0.644. The number of anilines is 1. The second-order valence-electron chi connectivity index (χ2n) is 4.81. The molecule has 1 aliphatic heterocycles. The zero-order valence-electron chi connectivity index (χ0n) is 10.1. The Morgan fingerprint density at radius 3 is 2.67 bits per heavy atom. The maximum absolute atomic E-state index is 11.3. The van der Waals surface area contributed by atoms with Crippen molar-refractivity contribution in [3.63, 3.8) is 0 Å². The van der Waals surface area contributed by atoms with Crippen LogP contribution in [0.2, 0.25) is 0 Å². The van der Waals surface area contributed by atoms with Gasteiger partial charge in [-0.3, -0.25) is 4.79 Å². The van der Waals surface area contributed by atoms with Crippen LogP contribution in [0.1, 0.15) is 23.7 Å². The minimum Gasteiger partial charge on any atom is -0.478 e. The summed E-state index contributed by atoms with van der Waals surface area (Å²) >= 11 is 0. The SMILES string of the molecule is CC1(C(N)=O)CCN(c2ccc(C(=O)O)cn2)C1. The smallest absolute Gasteiger partial charge is 0.337 e. The van der Waals surface area contributed by atoms with E-state index in [1.54, 1.807) is 6.07 Å². The van der Waals surface area contributed by atoms with E-state index in [1.165, 1.54) is 12.3 Å². The molecule has 1 unspecified atom stereocenters. The molecule has 0 spiro atoms. The van der Waals surface area contributed by atoms with Crippen molar-refractivity contribution in [1.29, 1.82) is 0 Å². The Labute approximate surface area is 104 Å². The molecule has 0 aliphatic carbocycles. The van der Waals surface area contributed by atoms with Gasteiger partial charge in [0.2, 0.25) is 5.91 Å². The van der Waals surface area contributed by atoms with Crippen LogP contribution in [0.15, 0.2) is 18.3 Å². The van der Waals surface area contributed by atoms with Crippen molar-refractivity contribution in [2.24, 2.45) is 11.1 Å². The van der Waals surface area contributed by atoms with Crippen molar-refractivity contribution in [3.05, 3.63) is 23.9 Å². The molecule has 96 valence electrons. The molecule has 3 N–H and O–H groups in total. The van der Waals surface area contributed by atoms with E-state index in [4.69, 9.17) is 10.8 Å². The van der Waals surface area contributed by atoms with Crippen molar-refractivity contribution >= 4 is 17.7 Å². The Balaban J connectivity index is 2.15. The normalized spacial score (nSPS) is 23.1. The molecule has 1 saturated heterocycles. The molecule has 0 aromatic carbocycles. The predicted molar refractivity (Wildman–Crippen MR) is 65.3 cm³/mol. The minimum atomic E-state index is -1.00. The molecule has 2 heterocycles. The van der Waals surface area contributed by atoms with Gasteiger partial charge in [-0.25, -0.2) is 9.78 Å². The molecule has 0 saturated carbocycles. The number of carboxylic acid groups (broad SMARTS) is 1. The van der Waals surface area contributed by atoms with E-state index in [0.29, 0.717) is 25.3 Å². The minimum absolute atomic E-state index is 0.149. The molecule has 2 rings (SSSR count). The van der Waals surface area contributed by atoms with E-state index in [-0.39, 0.29) is 11.5 Å². The lowest BCUT2D eigenvalue weighted by Crippen LogP contribution is -2.37. The van der Waals surface area contributed by atoms with Gasteiger partial charge in [-0.05, 0) is 25.5 Å². The molecule has 18 heavy (non-hydrogen) atoms. The summed E-state index contributed by atoms with van der Waals surface area (Å²) in [6.45, 7) is 3.04. The van der Waals surface area contributed by atoms with Crippen LogP contribution in [0.25, 0.3) is 0 Å². The molecule has 0 bridgehead atoms. The molecule has 0 radical (unpaired) electrons. The average molecular weight is 249 g/mol. The number of amides is 1. The van der Waals surface area contributed by atoms with Crippen LogP contribution < -0.4 is 10.6 Å². The first-order valence-corrected chi connectivity index (χ1v) is 5.66. The summed E-state index contributed by atoms with van der Waals surface area (Å²) in [4.78, 5) is 28.1. The van der Waals surface area contributed by atoms with Crippen LogP contribution in [0.5, 0.6) is 0 Å². The van der Waals surface area contributed by atoms with Crippen LogP contribution >= 0.6 is 0 Å². The number of nitrogens with zero attached hydrogens (tertiary/aromatic N) is 2. The largest absolute Gasteiger partial charge is 0.478 e. The fraction of sp³-hybridized carbons (Fsp3) is 0.417. The zero-order chi connectivity index (χ0) is 13.3. The Hall–Kier alpha value is -2.11. The first kappa shape index (κ1) is 12.3. The third-order valence-corrected chi connectivity index (χ3v) is 3.39. The summed E-state index contributed by atoms with van der Waals surface area (Å²) in [5, 5.41) is 8.78. The number of primary amides is 1. The highest BCUT2D eigenvalue weighted by Crippen LogP contribution is 2.31. The van der Waals surface area contributed by atoms with Crippen molar-refractivity contribution in [1.82, 2.24) is 4.98 Å². The highest BCUT2D eigenvalue weighted by molar-refractivity contribution is 5.87. The van der Waals surface area contributed by atoms with Crippen molar-refractivity contribution < 1.29 is 14.7 Å². The van der Waals surface area contributed by atoms with E-state index in [1.807, 2.05) is 11.8 Å². The molecule has 1 aliphatic rings. The topological polar surface area (TPSA) is 96.5 Å². The summed E-state index contributed by atoms with van der Waals surface area (Å²) in [5.41, 5.74) is 4.99. The summed E-state index contributed by atoms with van der Waals surface area (Å²) < 4.78 is 0. The molecule has 1 amide bonds. The highest BCUT2D eigenvalue weighted by atomic mass is 16.4. The highest BCUT2D eigenvalue weighted by Gasteiger charge is 2.39. The van der Waals surface area contributed by atoms with Gasteiger partial charge in [0, 0.05) is 19.3 Å². The van der Waals surface area contributed by atoms with Crippen molar-refractivity contribution in [2.45, 2.75) is 13.3 Å². The zero-order valence-corrected chi connectivity index (χ0v) is 10.1. The number of carbonyl (C=O) groups is 2. The first-order valence-electron chi connectivity index (χ1n) is 5.66. The lowest BCUT2D eigenvalue weighted by molar-refractivity contribution is -0.125. The molecule has 1 atom stereocenters. The van der Waals surface area contributed by atoms with Crippen LogP contribution in [0.3, 0.4) is 0 Å². The molecular formula is C12H15N3O3. The fourth-order valence-electron chi connectivity index (χ4n) is 2.06. The second-order valence-corrected chi connectivity index (χ2v) is 4.81. The van der Waals surface area contributed by atoms with Crippen LogP contribution in [0, 0.1) is 5.41 Å². The third-order valence-electron chi connectivity index (χ3n) is 3.39. The van der Waals surface area contributed by atoms with Crippen LogP contribution in [-0.2, 0) is 4.79 Å². The Kier molecular flexibility index (Phi) is 2.94. The number of carbonyl (C=O) groups excluding carboxylic acids is 1. The lowest BCUT2D eigenvalue weighted by Gasteiger charge is -2.21. The Bertz CT molecular complexity index is 486. The van der Waals surface area contributed by atoms with Gasteiger partial charge in [-0.15, -0.1) is 0 Å². The van der Waals surface area contributed by atoms with Gasteiger partial charge in [0.25, 0.3) is 0 Å². The molecular weight excluding hydrogens is 234 g/mol. The molecule has 1 fully saturated rings. The monoisotopic (exact) mass is 249 g/mol. The van der Waals surface area contributed by atoms with Gasteiger partial charge in [0.1, 0.15) is 5.82 Å². The number of nitrogens with two attached hydrogens (primary N) is 1. The standard InChI is InChI=1S/C12H15N3O3/c1-12(11(13)18)4-5-15(7-12)9-3-2-8(6-14-9)10(16)17/h2-3,6H,4-5,7H2,1H3,(H2,13,18)(H,16,17). The summed E-state index contributed by atoms with van der Waals surface area (Å²) in [6, 6.07) is 3.15. The van der Waals surface area contributed by atoms with Gasteiger partial charge < -0.3 is 15.7 Å². The number of pyridine rings is 1. The van der Waals surface area contributed by atoms with E-state index in [2.05, 4.69) is 4.98 Å². The number of hydrogen-bond acceptors (Lipinski definition) is 4. The van der Waals surface area contributed by atoms with Gasteiger partial charge in [0.05, 0.1) is 11.0 Å². The molecule has 6 nitrogen and oxygen atoms in total. The summed E-state index contributed by atoms with van der Waals surface area (Å²) in [6.07, 6.45) is 2.00. The number of hydrogen-bond donors (Lipinski definition) is 2. The van der Waals surface area contributed by atoms with Gasteiger partial charge in [-0.2, -0.15) is 0 Å². The number of aromatic carboxylic acids is 1. The number of carboxylic acids is 1. The molecule has 1 aromatic heterocycles. The van der Waals surface area contributed by atoms with Crippen molar-refractivity contribution in [2.75, 3.05) is 18.0 Å². The fourth-order valence-corrected chi connectivity index (χ4v) is 2.06. The van der Waals surface area contributed by atoms with Crippen molar-refractivity contribution in [3.8, 4) is 0 Å². The Morgan fingerprint density at radius 2 is 2.22 bits per heavy atom. The van der Waals surface area contributed by atoms with Gasteiger partial charge in [-0.1, -0.05) is 0 Å². The van der Waals surface area contributed by atoms with Crippen LogP contribution in [0.4, 0.5) is 5.82 Å². The van der Waals surface area contributed by atoms with E-state index in [0.717, 1.165) is 0 Å². The lowest BCUT2D eigenvalue weighted by atomic mass is 9.89. The van der Waals surface area contributed by atoms with Gasteiger partial charge >= 0.3 is 5.97 Å². The molecule has 6 heteroatoms. The van der Waals surface area contributed by atoms with E-state index < -0.39 is 11.4 Å². The second kappa shape index (κ2) is 4.29. The quantitative estimate of drug-likeness (QED) is 0.812. The number of aromatic nitrogens is 1. The first-order chi connectivity index (χ1) is 8.42. The summed E-state index contributed by atoms with van der Waals surface area (Å²) in [7, 11) is 0. The van der Waals surface area contributed by atoms with E-state index >= 15 is 0 Å². The Morgan fingerprint density at radius 1 is 1.50 bits per heavy atom. The van der Waals surface area contributed by atoms with Crippen LogP contribution in [-0.4, -0.2) is 35.1 Å². The molecule has 1 aromatic rings. The van der Waals surface area contributed by atoms with Gasteiger partial charge in [0.15, 0.2) is 0 Å². The van der Waals surface area contributed by atoms with E-state index in [9.17, 15) is 9.59 Å². The average Bonchev–Trinajstić information content (AvgIpc) is 2.73. The maximum Gasteiger partial charge on any atom is 0.337 e.